The van der Waals surface area contributed by atoms with Crippen LogP contribution < -0.4 is 10.1 Å². The van der Waals surface area contributed by atoms with Gasteiger partial charge in [0, 0.05) is 35.8 Å². The topological polar surface area (TPSA) is 107 Å². The standard InChI is InChI=1S/C18H14N4O4/c1-12(23)13-5-6-16(17(9-13)22(24)25)21-14-3-2-4-15(10-14)26-18-11-19-7-8-20-18/h2-11,21H,1H3. The predicted octanol–water partition coefficient (Wildman–Crippen LogP) is 4.12. The zero-order valence-corrected chi connectivity index (χ0v) is 13.7. The number of nitro groups is 1. The van der Waals surface area contributed by atoms with Gasteiger partial charge in [-0.1, -0.05) is 6.07 Å². The maximum absolute atomic E-state index is 11.4. The third-order valence-electron chi connectivity index (χ3n) is 3.48. The number of rotatable bonds is 6. The summed E-state index contributed by atoms with van der Waals surface area (Å²) in [6.07, 6.45) is 4.53. The Hall–Kier alpha value is -3.81. The van der Waals surface area contributed by atoms with Crippen molar-refractivity contribution in [1.82, 2.24) is 9.97 Å². The van der Waals surface area contributed by atoms with E-state index in [1.54, 1.807) is 24.3 Å². The second-order valence-corrected chi connectivity index (χ2v) is 5.34. The van der Waals surface area contributed by atoms with Crippen LogP contribution in [0.5, 0.6) is 11.6 Å². The van der Waals surface area contributed by atoms with Gasteiger partial charge in [-0.15, -0.1) is 0 Å². The van der Waals surface area contributed by atoms with Gasteiger partial charge >= 0.3 is 0 Å². The fourth-order valence-corrected chi connectivity index (χ4v) is 2.26. The third kappa shape index (κ3) is 3.99. The average Bonchev–Trinajstić information content (AvgIpc) is 2.63. The zero-order chi connectivity index (χ0) is 18.5. The largest absolute Gasteiger partial charge is 0.437 e. The maximum Gasteiger partial charge on any atom is 0.293 e. The van der Waals surface area contributed by atoms with Crippen LogP contribution in [0.1, 0.15) is 17.3 Å². The number of carbonyl (C=O) groups excluding carboxylic acids is 1. The molecular formula is C18H14N4O4. The molecule has 0 saturated heterocycles. The quantitative estimate of drug-likeness (QED) is 0.405. The molecule has 0 spiro atoms. The summed E-state index contributed by atoms with van der Waals surface area (Å²) in [5, 5.41) is 14.3. The Kier molecular flexibility index (Phi) is 4.84. The molecule has 1 aromatic heterocycles. The van der Waals surface area contributed by atoms with E-state index in [1.165, 1.54) is 43.7 Å². The molecule has 0 aliphatic carbocycles. The predicted molar refractivity (Wildman–Crippen MR) is 94.9 cm³/mol. The van der Waals surface area contributed by atoms with Crippen LogP contribution in [0.3, 0.4) is 0 Å². The van der Waals surface area contributed by atoms with Gasteiger partial charge in [-0.25, -0.2) is 4.98 Å². The number of aromatic nitrogens is 2. The fourth-order valence-electron chi connectivity index (χ4n) is 2.26. The van der Waals surface area contributed by atoms with Crippen molar-refractivity contribution < 1.29 is 14.5 Å². The first-order chi connectivity index (χ1) is 12.5. The number of anilines is 2. The lowest BCUT2D eigenvalue weighted by molar-refractivity contribution is -0.383. The van der Waals surface area contributed by atoms with Crippen molar-refractivity contribution in [3.05, 3.63) is 76.7 Å². The van der Waals surface area contributed by atoms with Gasteiger partial charge in [0.05, 0.1) is 11.1 Å². The molecule has 0 radical (unpaired) electrons. The fraction of sp³-hybridized carbons (Fsp3) is 0.0556. The summed E-state index contributed by atoms with van der Waals surface area (Å²) in [6, 6.07) is 11.2. The van der Waals surface area contributed by atoms with Crippen LogP contribution in [0.15, 0.2) is 61.1 Å². The van der Waals surface area contributed by atoms with E-state index in [0.717, 1.165) is 0 Å². The molecule has 0 aliphatic heterocycles. The molecule has 0 saturated carbocycles. The van der Waals surface area contributed by atoms with Crippen molar-refractivity contribution in [2.24, 2.45) is 0 Å². The summed E-state index contributed by atoms with van der Waals surface area (Å²) in [7, 11) is 0. The molecule has 0 atom stereocenters. The molecule has 1 heterocycles. The second-order valence-electron chi connectivity index (χ2n) is 5.34. The number of nitrogens with zero attached hydrogens (tertiary/aromatic N) is 3. The summed E-state index contributed by atoms with van der Waals surface area (Å²) in [5.74, 6) is 0.596. The number of benzene rings is 2. The van der Waals surface area contributed by atoms with E-state index < -0.39 is 4.92 Å². The summed E-state index contributed by atoms with van der Waals surface area (Å²) in [4.78, 5) is 30.2. The van der Waals surface area contributed by atoms with Crippen LogP contribution in [0.25, 0.3) is 0 Å². The van der Waals surface area contributed by atoms with E-state index in [9.17, 15) is 14.9 Å². The lowest BCUT2D eigenvalue weighted by Crippen LogP contribution is -2.00. The molecule has 1 N–H and O–H groups in total. The Bertz CT molecular complexity index is 960. The Labute approximate surface area is 148 Å². The van der Waals surface area contributed by atoms with Crippen LogP contribution in [0.4, 0.5) is 17.1 Å². The summed E-state index contributed by atoms with van der Waals surface area (Å²) in [6.45, 7) is 1.36. The van der Waals surface area contributed by atoms with Crippen LogP contribution in [0.2, 0.25) is 0 Å². The highest BCUT2D eigenvalue weighted by Crippen LogP contribution is 2.30. The number of hydrogen-bond acceptors (Lipinski definition) is 7. The van der Waals surface area contributed by atoms with E-state index in [2.05, 4.69) is 15.3 Å². The molecule has 3 rings (SSSR count). The second kappa shape index (κ2) is 7.39. The number of carbonyl (C=O) groups is 1. The molecule has 130 valence electrons. The van der Waals surface area contributed by atoms with Crippen LogP contribution >= 0.6 is 0 Å². The van der Waals surface area contributed by atoms with Gasteiger partial charge in [0.1, 0.15) is 11.4 Å². The summed E-state index contributed by atoms with van der Waals surface area (Å²) in [5.41, 5.74) is 0.960. The number of nitro benzene ring substituents is 1. The molecule has 26 heavy (non-hydrogen) atoms. The smallest absolute Gasteiger partial charge is 0.293 e. The van der Waals surface area contributed by atoms with Gasteiger partial charge in [-0.3, -0.25) is 19.9 Å². The van der Waals surface area contributed by atoms with Crippen molar-refractivity contribution in [2.45, 2.75) is 6.92 Å². The van der Waals surface area contributed by atoms with Crippen molar-refractivity contribution in [1.29, 1.82) is 0 Å². The lowest BCUT2D eigenvalue weighted by Gasteiger charge is -2.10. The maximum atomic E-state index is 11.4. The van der Waals surface area contributed by atoms with Crippen molar-refractivity contribution >= 4 is 22.8 Å². The van der Waals surface area contributed by atoms with E-state index >= 15 is 0 Å². The number of Topliss-reactive ketones (excluding diaryl/α,β-unsaturated/α-hetero) is 1. The van der Waals surface area contributed by atoms with Gasteiger partial charge in [0.25, 0.3) is 5.69 Å². The van der Waals surface area contributed by atoms with Crippen molar-refractivity contribution in [3.63, 3.8) is 0 Å². The number of nitrogens with one attached hydrogen (secondary N) is 1. The van der Waals surface area contributed by atoms with Gasteiger partial charge in [0.15, 0.2) is 5.78 Å². The molecular weight excluding hydrogens is 336 g/mol. The number of ketones is 1. The number of hydrogen-bond donors (Lipinski definition) is 1. The first-order valence-corrected chi connectivity index (χ1v) is 7.63. The summed E-state index contributed by atoms with van der Waals surface area (Å²) >= 11 is 0. The number of ether oxygens (including phenoxy) is 1. The normalized spacial score (nSPS) is 10.2. The van der Waals surface area contributed by atoms with Crippen LogP contribution in [0, 0.1) is 10.1 Å². The monoisotopic (exact) mass is 350 g/mol. The Morgan fingerprint density at radius 3 is 2.73 bits per heavy atom. The highest BCUT2D eigenvalue weighted by Gasteiger charge is 2.16. The molecule has 0 aliphatic rings. The van der Waals surface area contributed by atoms with Gasteiger partial charge in [-0.05, 0) is 31.2 Å². The Morgan fingerprint density at radius 1 is 1.19 bits per heavy atom. The van der Waals surface area contributed by atoms with Gasteiger partial charge in [0.2, 0.25) is 5.88 Å². The molecule has 0 unspecified atom stereocenters. The van der Waals surface area contributed by atoms with E-state index in [-0.39, 0.29) is 22.7 Å². The van der Waals surface area contributed by atoms with Gasteiger partial charge < -0.3 is 10.1 Å². The van der Waals surface area contributed by atoms with E-state index in [1.807, 2.05) is 0 Å². The summed E-state index contributed by atoms with van der Waals surface area (Å²) < 4.78 is 5.59. The molecule has 0 fully saturated rings. The molecule has 0 bridgehead atoms. The Morgan fingerprint density at radius 2 is 2.04 bits per heavy atom. The van der Waals surface area contributed by atoms with Gasteiger partial charge in [-0.2, -0.15) is 0 Å². The van der Waals surface area contributed by atoms with Crippen molar-refractivity contribution in [2.75, 3.05) is 5.32 Å². The lowest BCUT2D eigenvalue weighted by atomic mass is 10.1. The highest BCUT2D eigenvalue weighted by atomic mass is 16.6. The van der Waals surface area contributed by atoms with E-state index in [4.69, 9.17) is 4.74 Å². The van der Waals surface area contributed by atoms with Crippen LogP contribution in [-0.2, 0) is 0 Å². The minimum atomic E-state index is -0.533. The molecule has 8 nitrogen and oxygen atoms in total. The minimum absolute atomic E-state index is 0.182. The molecule has 8 heteroatoms. The third-order valence-corrected chi connectivity index (χ3v) is 3.48. The zero-order valence-electron chi connectivity index (χ0n) is 13.7. The molecule has 2 aromatic carbocycles. The first-order valence-electron chi connectivity index (χ1n) is 7.63. The Balaban J connectivity index is 1.86. The average molecular weight is 350 g/mol. The molecule has 0 amide bonds. The van der Waals surface area contributed by atoms with Crippen molar-refractivity contribution in [3.8, 4) is 11.6 Å². The first kappa shape index (κ1) is 17.0. The minimum Gasteiger partial charge on any atom is -0.437 e. The van der Waals surface area contributed by atoms with E-state index in [0.29, 0.717) is 17.3 Å². The van der Waals surface area contributed by atoms with Crippen LogP contribution in [-0.4, -0.2) is 20.7 Å². The SMILES string of the molecule is CC(=O)c1ccc(Nc2cccc(Oc3cnccn3)c2)c([N+](=O)[O-])c1. The highest BCUT2D eigenvalue weighted by molar-refractivity contribution is 5.95. The molecule has 3 aromatic rings.